The molecule has 3 saturated heterocycles. The van der Waals surface area contributed by atoms with Crippen LogP contribution in [0.3, 0.4) is 0 Å². The maximum Gasteiger partial charge on any atom is 0.264 e. The number of carbonyl (C=O) groups excluding carboxylic acids is 2. The smallest absolute Gasteiger partial charge is 0.264 e. The van der Waals surface area contributed by atoms with Crippen LogP contribution in [0.1, 0.15) is 43.7 Å². The van der Waals surface area contributed by atoms with Crippen molar-refractivity contribution in [2.75, 3.05) is 25.7 Å². The lowest BCUT2D eigenvalue weighted by atomic mass is 9.94. The minimum atomic E-state index is -4.44. The first-order valence-electron chi connectivity index (χ1n) is 21.9. The van der Waals surface area contributed by atoms with E-state index in [1.54, 1.807) is 78.9 Å². The maximum absolute atomic E-state index is 14.6. The minimum absolute atomic E-state index is 0.0666. The van der Waals surface area contributed by atoms with Crippen LogP contribution in [0.15, 0.2) is 144 Å². The second-order valence-corrected chi connectivity index (χ2v) is 21.6. The molecule has 3 fully saturated rings. The van der Waals surface area contributed by atoms with Gasteiger partial charge in [0.2, 0.25) is 0 Å². The van der Waals surface area contributed by atoms with Crippen molar-refractivity contribution in [1.29, 1.82) is 0 Å². The van der Waals surface area contributed by atoms with Crippen LogP contribution < -0.4 is 0 Å². The largest absolute Gasteiger partial charge is 0.374 e. The topological polar surface area (TPSA) is 189 Å². The zero-order valence-corrected chi connectivity index (χ0v) is 40.3. The predicted octanol–water partition coefficient (Wildman–Crippen LogP) is 6.54. The van der Waals surface area contributed by atoms with Gasteiger partial charge in [-0.3, -0.25) is 22.9 Å². The number of amides is 2. The maximum atomic E-state index is 14.6. The van der Waals surface area contributed by atoms with Gasteiger partial charge in [0.1, 0.15) is 48.1 Å². The van der Waals surface area contributed by atoms with E-state index in [-0.39, 0.29) is 37.6 Å². The van der Waals surface area contributed by atoms with Crippen LogP contribution in [-0.2, 0) is 75.0 Å². The molecule has 69 heavy (non-hydrogen) atoms. The number of halogens is 1. The number of hydrogen-bond acceptors (Lipinski definition) is 16. The van der Waals surface area contributed by atoms with Gasteiger partial charge in [-0.05, 0) is 47.5 Å². The highest BCUT2D eigenvalue weighted by molar-refractivity contribution is 7.99. The van der Waals surface area contributed by atoms with Crippen LogP contribution >= 0.6 is 23.4 Å². The molecule has 20 heteroatoms. The van der Waals surface area contributed by atoms with Gasteiger partial charge in [0.05, 0.1) is 50.1 Å². The summed E-state index contributed by atoms with van der Waals surface area (Å²) in [6.07, 6.45) is -11.0. The van der Waals surface area contributed by atoms with Crippen molar-refractivity contribution in [2.24, 2.45) is 0 Å². The van der Waals surface area contributed by atoms with Crippen molar-refractivity contribution in [3.63, 3.8) is 0 Å². The molecule has 2 amide bonds. The predicted molar refractivity (Wildman–Crippen MR) is 251 cm³/mol. The van der Waals surface area contributed by atoms with Gasteiger partial charge in [-0.2, -0.15) is 16.8 Å². The van der Waals surface area contributed by atoms with Crippen molar-refractivity contribution < 1.29 is 67.9 Å². The second kappa shape index (κ2) is 21.4. The highest BCUT2D eigenvalue weighted by Crippen LogP contribution is 2.44. The van der Waals surface area contributed by atoms with Crippen LogP contribution in [0.5, 0.6) is 0 Å². The Kier molecular flexibility index (Phi) is 15.3. The van der Waals surface area contributed by atoms with Gasteiger partial charge in [-0.15, -0.1) is 0 Å². The number of nitrogens with zero attached hydrogens (tertiary/aromatic N) is 1. The van der Waals surface area contributed by atoms with Crippen LogP contribution in [0.25, 0.3) is 0 Å². The molecule has 4 heterocycles. The monoisotopic (exact) mass is 1020 g/mol. The van der Waals surface area contributed by atoms with Gasteiger partial charge in [0.15, 0.2) is 18.7 Å². The summed E-state index contributed by atoms with van der Waals surface area (Å²) in [6.45, 7) is -0.301. The van der Waals surface area contributed by atoms with Crippen LogP contribution in [-0.4, -0.2) is 120 Å². The summed E-state index contributed by atoms with van der Waals surface area (Å²) < 4.78 is 110. The number of thioether (sulfide) groups is 1. The van der Waals surface area contributed by atoms with Crippen LogP contribution in [0, 0.1) is 0 Å². The van der Waals surface area contributed by atoms with E-state index in [4.69, 9.17) is 53.1 Å². The summed E-state index contributed by atoms with van der Waals surface area (Å²) in [4.78, 5) is 31.1. The van der Waals surface area contributed by atoms with Crippen molar-refractivity contribution in [2.45, 2.75) is 84.9 Å². The molecule has 364 valence electrons. The molecular formula is C49H48ClNO15S3. The molecule has 0 N–H and O–H groups in total. The first kappa shape index (κ1) is 49.4. The molecule has 0 saturated carbocycles. The molecule has 5 aromatic carbocycles. The minimum Gasteiger partial charge on any atom is -0.374 e. The zero-order chi connectivity index (χ0) is 48.3. The molecule has 0 radical (unpaired) electrons. The highest BCUT2D eigenvalue weighted by Gasteiger charge is 2.59. The third-order valence-corrected chi connectivity index (χ3v) is 14.3. The standard InChI is InChI=1S/C49H48ClNO15S3/c1-68(54,55)65-43-41-38(29-60-47(63-41)32-18-10-5-11-19-32)61-48(44(43)66-69(2,56)57)64-40-37(28-58-26-30-14-6-3-7-15-30)62-49(67-34-24-22-33(50)23-25-34)39(42(40)59-27-31-16-8-4-9-17-31)51-45(52)35-20-12-13-21-36(35)46(51)53/h3-25,37-44,47-49H,26-29H2,1-2H3/t37-,38-,39-,40-,41+,42-,43+,44-,47+,48+,49+/m1/s1. The molecular weight excluding hydrogens is 974 g/mol. The van der Waals surface area contributed by atoms with Crippen molar-refractivity contribution in [1.82, 2.24) is 4.90 Å². The van der Waals surface area contributed by atoms with E-state index >= 15 is 0 Å². The fourth-order valence-electron chi connectivity index (χ4n) is 8.72. The summed E-state index contributed by atoms with van der Waals surface area (Å²) in [5.74, 6) is -1.23. The molecule has 5 aromatic rings. The lowest BCUT2D eigenvalue weighted by molar-refractivity contribution is -0.371. The summed E-state index contributed by atoms with van der Waals surface area (Å²) >= 11 is 7.52. The Morgan fingerprint density at radius 3 is 1.83 bits per heavy atom. The van der Waals surface area contributed by atoms with Crippen molar-refractivity contribution in [3.8, 4) is 0 Å². The number of carbonyl (C=O) groups is 2. The third-order valence-electron chi connectivity index (χ3n) is 11.7. The van der Waals surface area contributed by atoms with Gasteiger partial charge >= 0.3 is 0 Å². The quantitative estimate of drug-likeness (QED) is 0.0721. The van der Waals surface area contributed by atoms with E-state index in [1.807, 2.05) is 60.7 Å². The molecule has 4 aliphatic heterocycles. The molecule has 16 nitrogen and oxygen atoms in total. The third kappa shape index (κ3) is 11.8. The summed E-state index contributed by atoms with van der Waals surface area (Å²) in [6, 6.07) is 39.5. The molecule has 4 aliphatic rings. The molecule has 0 spiro atoms. The zero-order valence-electron chi connectivity index (χ0n) is 37.1. The van der Waals surface area contributed by atoms with E-state index in [2.05, 4.69) is 0 Å². The fourth-order valence-corrected chi connectivity index (χ4v) is 11.2. The summed E-state index contributed by atoms with van der Waals surface area (Å²) in [5, 5.41) is 0.480. The number of ether oxygens (including phenoxy) is 7. The van der Waals surface area contributed by atoms with E-state index in [9.17, 15) is 26.4 Å². The molecule has 0 unspecified atom stereocenters. The number of rotatable bonds is 17. The highest BCUT2D eigenvalue weighted by atomic mass is 35.5. The van der Waals surface area contributed by atoms with E-state index in [1.165, 1.54) is 11.8 Å². The average molecular weight is 1020 g/mol. The van der Waals surface area contributed by atoms with E-state index < -0.39 is 98.8 Å². The Bertz CT molecular complexity index is 2760. The summed E-state index contributed by atoms with van der Waals surface area (Å²) in [7, 11) is -8.81. The van der Waals surface area contributed by atoms with Gasteiger partial charge in [-0.25, -0.2) is 0 Å². The normalized spacial score (nSPS) is 28.3. The number of benzene rings is 5. The number of imide groups is 1. The SMILES string of the molecule is CS(=O)(=O)O[C@H]1[C@H]2O[C@@H](c3ccccc3)OC[C@H]2O[C@@H](O[C@H]2[C@H](OCc3ccccc3)[C@@H](N3C(=O)c4ccccc4C3=O)[C@H](Sc3ccc(Cl)cc3)O[C@@H]2COCc2ccccc2)[C@@H]1OS(C)(=O)=O. The van der Waals surface area contributed by atoms with E-state index in [0.717, 1.165) is 28.5 Å². The van der Waals surface area contributed by atoms with Gasteiger partial charge < -0.3 is 33.2 Å². The first-order chi connectivity index (χ1) is 33.2. The first-order valence-corrected chi connectivity index (χ1v) is 26.8. The molecule has 9 rings (SSSR count). The van der Waals surface area contributed by atoms with Crippen molar-refractivity contribution >= 4 is 55.4 Å². The molecule has 0 bridgehead atoms. The fraction of sp³-hybridized carbons (Fsp3) is 0.347. The lowest BCUT2D eigenvalue weighted by Gasteiger charge is -2.52. The average Bonchev–Trinajstić information content (AvgIpc) is 3.58. The summed E-state index contributed by atoms with van der Waals surface area (Å²) in [5.41, 5.74) is 1.43. The molecule has 0 aliphatic carbocycles. The van der Waals surface area contributed by atoms with E-state index in [0.29, 0.717) is 15.5 Å². The molecule has 0 aromatic heterocycles. The Morgan fingerprint density at radius 2 is 1.22 bits per heavy atom. The number of fused-ring (bicyclic) bond motifs is 2. The Hall–Kier alpha value is -4.58. The van der Waals surface area contributed by atoms with Gasteiger partial charge in [0.25, 0.3) is 32.1 Å². The molecule has 11 atom stereocenters. The Morgan fingerprint density at radius 1 is 0.652 bits per heavy atom. The van der Waals surface area contributed by atoms with Crippen molar-refractivity contribution in [3.05, 3.63) is 172 Å². The second-order valence-electron chi connectivity index (χ2n) is 16.7. The lowest BCUT2D eigenvalue weighted by Crippen LogP contribution is -2.69. The Balaban J connectivity index is 1.16. The van der Waals surface area contributed by atoms with Gasteiger partial charge in [-0.1, -0.05) is 126 Å². The van der Waals surface area contributed by atoms with Crippen LogP contribution in [0.4, 0.5) is 0 Å². The van der Waals surface area contributed by atoms with Gasteiger partial charge in [0, 0.05) is 15.5 Å². The van der Waals surface area contributed by atoms with Crippen LogP contribution in [0.2, 0.25) is 5.02 Å². The Labute approximate surface area is 409 Å². The number of hydrogen-bond donors (Lipinski definition) is 0.